The maximum Gasteiger partial charge on any atom is 0.407 e. The van der Waals surface area contributed by atoms with E-state index >= 15 is 0 Å². The van der Waals surface area contributed by atoms with Crippen LogP contribution in [0, 0.1) is 11.3 Å². The first-order valence-corrected chi connectivity index (χ1v) is 7.59. The third-order valence-corrected chi connectivity index (χ3v) is 2.57. The lowest BCUT2D eigenvalue weighted by Gasteiger charge is -2.27. The molecular formula is C16H34N2O2. The molecule has 0 aromatic heterocycles. The summed E-state index contributed by atoms with van der Waals surface area (Å²) in [5.41, 5.74) is -0.211. The lowest BCUT2D eigenvalue weighted by atomic mass is 9.95. The van der Waals surface area contributed by atoms with Crippen LogP contribution in [0.1, 0.15) is 61.8 Å². The smallest absolute Gasteiger partial charge is 0.407 e. The van der Waals surface area contributed by atoms with Crippen LogP contribution in [0.3, 0.4) is 0 Å². The summed E-state index contributed by atoms with van der Waals surface area (Å²) in [7, 11) is 0. The summed E-state index contributed by atoms with van der Waals surface area (Å²) in [6.07, 6.45) is 0.690. The molecule has 4 nitrogen and oxygen atoms in total. The molecule has 1 amide bonds. The quantitative estimate of drug-likeness (QED) is 0.785. The van der Waals surface area contributed by atoms with Gasteiger partial charge in [-0.05, 0) is 38.5 Å². The Labute approximate surface area is 125 Å². The normalized spacial score (nSPS) is 14.2. The van der Waals surface area contributed by atoms with E-state index < -0.39 is 5.60 Å². The number of carbonyl (C=O) groups is 1. The fourth-order valence-electron chi connectivity index (χ4n) is 1.78. The van der Waals surface area contributed by atoms with E-state index in [2.05, 4.69) is 45.3 Å². The van der Waals surface area contributed by atoms with E-state index in [1.54, 1.807) is 0 Å². The van der Waals surface area contributed by atoms with Gasteiger partial charge in [0.25, 0.3) is 0 Å². The van der Waals surface area contributed by atoms with E-state index in [1.807, 2.05) is 20.8 Å². The van der Waals surface area contributed by atoms with Gasteiger partial charge in [0.1, 0.15) is 5.60 Å². The zero-order chi connectivity index (χ0) is 16.0. The highest BCUT2D eigenvalue weighted by atomic mass is 16.6. The van der Waals surface area contributed by atoms with Crippen molar-refractivity contribution in [1.82, 2.24) is 10.6 Å². The molecular weight excluding hydrogens is 252 g/mol. The molecule has 0 spiro atoms. The predicted octanol–water partition coefficient (Wildman–Crippen LogP) is 3.56. The van der Waals surface area contributed by atoms with Crippen molar-refractivity contribution in [2.75, 3.05) is 13.1 Å². The van der Waals surface area contributed by atoms with Crippen molar-refractivity contribution in [3.05, 3.63) is 0 Å². The van der Waals surface area contributed by atoms with E-state index in [0.717, 1.165) is 13.0 Å². The zero-order valence-corrected chi connectivity index (χ0v) is 14.6. The summed E-state index contributed by atoms with van der Waals surface area (Å²) < 4.78 is 5.26. The van der Waals surface area contributed by atoms with Crippen LogP contribution >= 0.6 is 0 Å². The molecule has 0 fully saturated rings. The lowest BCUT2D eigenvalue weighted by Crippen LogP contribution is -2.45. The number of alkyl carbamates (subject to hydrolysis) is 1. The molecule has 2 N–H and O–H groups in total. The molecule has 0 saturated carbocycles. The number of ether oxygens (including phenoxy) is 1. The number of rotatable bonds is 6. The lowest BCUT2D eigenvalue weighted by molar-refractivity contribution is 0.0520. The highest BCUT2D eigenvalue weighted by Crippen LogP contribution is 2.13. The van der Waals surface area contributed by atoms with Crippen LogP contribution in [0.4, 0.5) is 4.79 Å². The number of amides is 1. The van der Waals surface area contributed by atoms with Crippen LogP contribution in [0.15, 0.2) is 0 Å². The molecule has 0 aromatic carbocycles. The van der Waals surface area contributed by atoms with Crippen LogP contribution in [0.2, 0.25) is 0 Å². The maximum atomic E-state index is 11.7. The molecule has 0 aliphatic heterocycles. The minimum Gasteiger partial charge on any atom is -0.444 e. The van der Waals surface area contributed by atoms with Gasteiger partial charge < -0.3 is 15.4 Å². The van der Waals surface area contributed by atoms with Gasteiger partial charge in [0.05, 0.1) is 0 Å². The minimum absolute atomic E-state index is 0.237. The van der Waals surface area contributed by atoms with Crippen LogP contribution < -0.4 is 10.6 Å². The molecule has 1 unspecified atom stereocenters. The molecule has 20 heavy (non-hydrogen) atoms. The minimum atomic E-state index is -0.448. The van der Waals surface area contributed by atoms with Gasteiger partial charge in [-0.3, -0.25) is 0 Å². The number of hydrogen-bond acceptors (Lipinski definition) is 3. The van der Waals surface area contributed by atoms with Crippen molar-refractivity contribution in [2.24, 2.45) is 11.3 Å². The molecule has 120 valence electrons. The Balaban J connectivity index is 4.26. The van der Waals surface area contributed by atoms with Gasteiger partial charge >= 0.3 is 6.09 Å². The van der Waals surface area contributed by atoms with Gasteiger partial charge in [0.15, 0.2) is 0 Å². The SMILES string of the molecule is CC(C)CC(CNC(=O)OC(C)(C)C)NCC(C)(C)C. The second kappa shape index (κ2) is 7.87. The van der Waals surface area contributed by atoms with E-state index in [4.69, 9.17) is 4.74 Å². The Bertz CT molecular complexity index is 288. The second-order valence-electron chi connectivity index (χ2n) is 8.15. The number of hydrogen-bond donors (Lipinski definition) is 2. The molecule has 4 heteroatoms. The van der Waals surface area contributed by atoms with Gasteiger partial charge in [0.2, 0.25) is 0 Å². The van der Waals surface area contributed by atoms with Crippen LogP contribution in [0.5, 0.6) is 0 Å². The molecule has 1 atom stereocenters. The van der Waals surface area contributed by atoms with E-state index in [0.29, 0.717) is 12.5 Å². The van der Waals surface area contributed by atoms with Crippen molar-refractivity contribution < 1.29 is 9.53 Å². The zero-order valence-electron chi connectivity index (χ0n) is 14.6. The Morgan fingerprint density at radius 2 is 1.65 bits per heavy atom. The predicted molar refractivity (Wildman–Crippen MR) is 84.9 cm³/mol. The average Bonchev–Trinajstić information content (AvgIpc) is 2.17. The second-order valence-corrected chi connectivity index (χ2v) is 8.15. The first kappa shape index (κ1) is 19.2. The monoisotopic (exact) mass is 286 g/mol. The summed E-state index contributed by atoms with van der Waals surface area (Å²) in [5.74, 6) is 0.591. The van der Waals surface area contributed by atoms with Crippen molar-refractivity contribution in [3.63, 3.8) is 0 Å². The van der Waals surface area contributed by atoms with Gasteiger partial charge in [-0.25, -0.2) is 4.79 Å². The third kappa shape index (κ3) is 12.3. The maximum absolute atomic E-state index is 11.7. The molecule has 0 bridgehead atoms. The van der Waals surface area contributed by atoms with Crippen LogP contribution in [-0.4, -0.2) is 30.8 Å². The topological polar surface area (TPSA) is 50.4 Å². The van der Waals surface area contributed by atoms with Crippen molar-refractivity contribution >= 4 is 6.09 Å². The number of carbonyl (C=O) groups excluding carboxylic acids is 1. The fourth-order valence-corrected chi connectivity index (χ4v) is 1.78. The third-order valence-electron chi connectivity index (χ3n) is 2.57. The standard InChI is InChI=1S/C16H34N2O2/c1-12(2)9-13(18-11-15(3,4)5)10-17-14(19)20-16(6,7)8/h12-13,18H,9-11H2,1-8H3,(H,17,19). The van der Waals surface area contributed by atoms with Crippen molar-refractivity contribution in [2.45, 2.75) is 73.5 Å². The Morgan fingerprint density at radius 1 is 1.10 bits per heavy atom. The average molecular weight is 286 g/mol. The molecule has 0 heterocycles. The molecule has 0 saturated heterocycles. The van der Waals surface area contributed by atoms with Crippen LogP contribution in [-0.2, 0) is 4.74 Å². The molecule has 0 aliphatic carbocycles. The highest BCUT2D eigenvalue weighted by Gasteiger charge is 2.19. The summed E-state index contributed by atoms with van der Waals surface area (Å²) in [6, 6.07) is 0.279. The van der Waals surface area contributed by atoms with Crippen molar-refractivity contribution in [1.29, 1.82) is 0 Å². The fraction of sp³-hybridized carbons (Fsp3) is 0.938. The Hall–Kier alpha value is -0.770. The summed E-state index contributed by atoms with van der Waals surface area (Å²) >= 11 is 0. The van der Waals surface area contributed by atoms with Crippen molar-refractivity contribution in [3.8, 4) is 0 Å². The van der Waals surface area contributed by atoms with E-state index in [-0.39, 0.29) is 17.6 Å². The van der Waals surface area contributed by atoms with Gasteiger partial charge in [-0.15, -0.1) is 0 Å². The van der Waals surface area contributed by atoms with E-state index in [9.17, 15) is 4.79 Å². The molecule has 0 radical (unpaired) electrons. The summed E-state index contributed by atoms with van der Waals surface area (Å²) in [6.45, 7) is 18.1. The van der Waals surface area contributed by atoms with E-state index in [1.165, 1.54) is 0 Å². The first-order chi connectivity index (χ1) is 8.89. The number of nitrogens with one attached hydrogen (secondary N) is 2. The summed E-state index contributed by atoms with van der Waals surface area (Å²) in [5, 5.41) is 6.40. The van der Waals surface area contributed by atoms with Gasteiger partial charge in [-0.1, -0.05) is 34.6 Å². The molecule has 0 aromatic rings. The summed E-state index contributed by atoms with van der Waals surface area (Å²) in [4.78, 5) is 11.7. The Morgan fingerprint density at radius 3 is 2.05 bits per heavy atom. The van der Waals surface area contributed by atoms with Gasteiger partial charge in [-0.2, -0.15) is 0 Å². The molecule has 0 aliphatic rings. The van der Waals surface area contributed by atoms with Crippen LogP contribution in [0.25, 0.3) is 0 Å². The first-order valence-electron chi connectivity index (χ1n) is 7.59. The highest BCUT2D eigenvalue weighted by molar-refractivity contribution is 5.67. The largest absolute Gasteiger partial charge is 0.444 e. The van der Waals surface area contributed by atoms with Gasteiger partial charge in [0, 0.05) is 19.1 Å². The molecule has 0 rings (SSSR count). The Kier molecular flexibility index (Phi) is 7.56.